The van der Waals surface area contributed by atoms with Crippen LogP contribution in [-0.4, -0.2) is 21.0 Å². The smallest absolute Gasteiger partial charge is 0.190 e. The molecule has 0 saturated heterocycles. The van der Waals surface area contributed by atoms with Crippen molar-refractivity contribution in [2.24, 2.45) is 0 Å². The van der Waals surface area contributed by atoms with Crippen LogP contribution in [0.5, 0.6) is 0 Å². The molecule has 1 unspecified atom stereocenters. The molecule has 0 spiro atoms. The van der Waals surface area contributed by atoms with Gasteiger partial charge >= 0.3 is 0 Å². The van der Waals surface area contributed by atoms with Gasteiger partial charge in [0.15, 0.2) is 10.9 Å². The molecule has 1 aromatic carbocycles. The molecule has 22 heavy (non-hydrogen) atoms. The molecule has 112 valence electrons. The van der Waals surface area contributed by atoms with Gasteiger partial charge in [0, 0.05) is 5.56 Å². The molecule has 0 aliphatic heterocycles. The number of nitrogens with two attached hydrogens (primary N) is 1. The Labute approximate surface area is 133 Å². The monoisotopic (exact) mass is 312 g/mol. The third-order valence-corrected chi connectivity index (χ3v) is 4.19. The minimum atomic E-state index is -0.334. The number of hydrogen-bond donors (Lipinski definition) is 1. The number of anilines is 1. The van der Waals surface area contributed by atoms with Crippen molar-refractivity contribution in [3.8, 4) is 6.07 Å². The molecule has 0 aliphatic rings. The molecular formula is C16H16N4OS. The number of benzene rings is 1. The number of nitrogens with zero attached hydrogens (tertiary/aromatic N) is 3. The van der Waals surface area contributed by atoms with Crippen LogP contribution in [0.4, 0.5) is 5.82 Å². The third kappa shape index (κ3) is 3.62. The van der Waals surface area contributed by atoms with E-state index in [0.29, 0.717) is 10.7 Å². The average molecular weight is 312 g/mol. The zero-order valence-electron chi connectivity index (χ0n) is 12.4. The van der Waals surface area contributed by atoms with Gasteiger partial charge in [0.2, 0.25) is 0 Å². The molecule has 2 rings (SSSR count). The lowest BCUT2D eigenvalue weighted by Gasteiger charge is -2.10. The summed E-state index contributed by atoms with van der Waals surface area (Å²) in [5, 5.41) is 8.86. The van der Waals surface area contributed by atoms with Crippen LogP contribution in [0.3, 0.4) is 0 Å². The van der Waals surface area contributed by atoms with E-state index < -0.39 is 0 Å². The van der Waals surface area contributed by atoms with E-state index in [0.717, 1.165) is 6.42 Å². The summed E-state index contributed by atoms with van der Waals surface area (Å²) in [6.45, 7) is 3.88. The number of ketones is 1. The maximum Gasteiger partial charge on any atom is 0.190 e. The molecule has 6 heteroatoms. The van der Waals surface area contributed by atoms with Gasteiger partial charge in [-0.15, -0.1) is 0 Å². The molecule has 1 atom stereocenters. The Morgan fingerprint density at radius 3 is 2.64 bits per heavy atom. The first-order valence-electron chi connectivity index (χ1n) is 6.87. The van der Waals surface area contributed by atoms with Gasteiger partial charge in [0.05, 0.1) is 11.4 Å². The van der Waals surface area contributed by atoms with Crippen molar-refractivity contribution >= 4 is 23.4 Å². The quantitative estimate of drug-likeness (QED) is 0.518. The van der Waals surface area contributed by atoms with Crippen LogP contribution in [0.25, 0.3) is 0 Å². The molecule has 1 heterocycles. The predicted molar refractivity (Wildman–Crippen MR) is 86.6 cm³/mol. The van der Waals surface area contributed by atoms with Gasteiger partial charge in [0.25, 0.3) is 0 Å². The predicted octanol–water partition coefficient (Wildman–Crippen LogP) is 2.86. The van der Waals surface area contributed by atoms with Gasteiger partial charge in [-0.05, 0) is 18.9 Å². The second kappa shape index (κ2) is 7.05. The minimum absolute atomic E-state index is 0.0131. The van der Waals surface area contributed by atoms with Crippen molar-refractivity contribution in [1.29, 1.82) is 5.26 Å². The Kier molecular flexibility index (Phi) is 5.12. The van der Waals surface area contributed by atoms with Gasteiger partial charge < -0.3 is 5.73 Å². The standard InChI is InChI=1S/C16H16N4OS/c1-3-11-4-6-12(7-5-11)14(21)10(2)22-16-19-9-13(8-17)15(18)20-16/h4-7,9-10H,3H2,1-2H3,(H2,18,19,20). The molecule has 2 aromatic rings. The number of carbonyl (C=O) groups is 1. The lowest BCUT2D eigenvalue weighted by atomic mass is 10.1. The summed E-state index contributed by atoms with van der Waals surface area (Å²) >= 11 is 1.23. The highest BCUT2D eigenvalue weighted by Crippen LogP contribution is 2.24. The van der Waals surface area contributed by atoms with Crippen molar-refractivity contribution < 1.29 is 4.79 Å². The van der Waals surface area contributed by atoms with Crippen LogP contribution in [0.1, 0.15) is 35.3 Å². The van der Waals surface area contributed by atoms with Gasteiger partial charge in [0.1, 0.15) is 17.5 Å². The Balaban J connectivity index is 2.10. The molecule has 0 amide bonds. The number of rotatable bonds is 5. The van der Waals surface area contributed by atoms with E-state index in [4.69, 9.17) is 11.0 Å². The summed E-state index contributed by atoms with van der Waals surface area (Å²) < 4.78 is 0. The van der Waals surface area contributed by atoms with E-state index in [1.165, 1.54) is 23.5 Å². The maximum atomic E-state index is 12.4. The number of nitrogen functional groups attached to an aromatic ring is 1. The summed E-state index contributed by atoms with van der Waals surface area (Å²) in [5.74, 6) is 0.145. The molecule has 0 aliphatic carbocycles. The molecule has 1 aromatic heterocycles. The van der Waals surface area contributed by atoms with Gasteiger partial charge in [-0.1, -0.05) is 43.0 Å². The van der Waals surface area contributed by atoms with E-state index in [9.17, 15) is 4.79 Å². The second-order valence-corrected chi connectivity index (χ2v) is 6.05. The van der Waals surface area contributed by atoms with E-state index in [2.05, 4.69) is 16.9 Å². The first-order chi connectivity index (χ1) is 10.5. The Hall–Kier alpha value is -2.39. The molecule has 0 bridgehead atoms. The number of nitriles is 1. The van der Waals surface area contributed by atoms with E-state index >= 15 is 0 Å². The summed E-state index contributed by atoms with van der Waals surface area (Å²) in [6, 6.07) is 9.51. The molecule has 0 radical (unpaired) electrons. The topological polar surface area (TPSA) is 92.7 Å². The first kappa shape index (κ1) is 16.0. The van der Waals surface area contributed by atoms with Crippen LogP contribution in [-0.2, 0) is 6.42 Å². The summed E-state index contributed by atoms with van der Waals surface area (Å²) in [4.78, 5) is 20.5. The third-order valence-electron chi connectivity index (χ3n) is 3.21. The van der Waals surface area contributed by atoms with Crippen LogP contribution < -0.4 is 5.73 Å². The largest absolute Gasteiger partial charge is 0.382 e. The fraction of sp³-hybridized carbons (Fsp3) is 0.250. The van der Waals surface area contributed by atoms with Gasteiger partial charge in [-0.2, -0.15) is 5.26 Å². The van der Waals surface area contributed by atoms with Crippen LogP contribution in [0.2, 0.25) is 0 Å². The van der Waals surface area contributed by atoms with Crippen LogP contribution in [0.15, 0.2) is 35.6 Å². The first-order valence-corrected chi connectivity index (χ1v) is 7.75. The highest BCUT2D eigenvalue weighted by atomic mass is 32.2. The lowest BCUT2D eigenvalue weighted by molar-refractivity contribution is 0.0994. The summed E-state index contributed by atoms with van der Waals surface area (Å²) in [6.07, 6.45) is 2.31. The highest BCUT2D eigenvalue weighted by Gasteiger charge is 2.18. The fourth-order valence-electron chi connectivity index (χ4n) is 1.87. The number of thioether (sulfide) groups is 1. The van der Waals surface area contributed by atoms with Crippen LogP contribution in [0, 0.1) is 11.3 Å². The second-order valence-electron chi connectivity index (χ2n) is 4.74. The molecule has 5 nitrogen and oxygen atoms in total. The number of carbonyl (C=O) groups excluding carboxylic acids is 1. The average Bonchev–Trinajstić information content (AvgIpc) is 2.54. The Bertz CT molecular complexity index is 722. The molecular weight excluding hydrogens is 296 g/mol. The SMILES string of the molecule is CCc1ccc(C(=O)C(C)Sc2ncc(C#N)c(N)n2)cc1. The van der Waals surface area contributed by atoms with E-state index in [1.54, 1.807) is 6.92 Å². The fourth-order valence-corrected chi connectivity index (χ4v) is 2.70. The Morgan fingerprint density at radius 2 is 2.09 bits per heavy atom. The molecule has 0 fully saturated rings. The number of aryl methyl sites for hydroxylation is 1. The normalized spacial score (nSPS) is 11.7. The van der Waals surface area contributed by atoms with E-state index in [1.807, 2.05) is 30.3 Å². The summed E-state index contributed by atoms with van der Waals surface area (Å²) in [5.41, 5.74) is 7.75. The number of hydrogen-bond acceptors (Lipinski definition) is 6. The van der Waals surface area contributed by atoms with Crippen molar-refractivity contribution in [2.45, 2.75) is 30.7 Å². The minimum Gasteiger partial charge on any atom is -0.382 e. The maximum absolute atomic E-state index is 12.4. The Morgan fingerprint density at radius 1 is 1.41 bits per heavy atom. The van der Waals surface area contributed by atoms with Crippen LogP contribution >= 0.6 is 11.8 Å². The zero-order chi connectivity index (χ0) is 16.1. The number of aromatic nitrogens is 2. The molecule has 0 saturated carbocycles. The summed E-state index contributed by atoms with van der Waals surface area (Å²) in [7, 11) is 0. The van der Waals surface area contributed by atoms with E-state index in [-0.39, 0.29) is 22.4 Å². The van der Waals surface area contributed by atoms with Crippen molar-refractivity contribution in [3.05, 3.63) is 47.2 Å². The van der Waals surface area contributed by atoms with Crippen molar-refractivity contribution in [2.75, 3.05) is 5.73 Å². The highest BCUT2D eigenvalue weighted by molar-refractivity contribution is 8.00. The van der Waals surface area contributed by atoms with Gasteiger partial charge in [-0.3, -0.25) is 4.79 Å². The van der Waals surface area contributed by atoms with Crippen molar-refractivity contribution in [1.82, 2.24) is 9.97 Å². The lowest BCUT2D eigenvalue weighted by Crippen LogP contribution is -2.14. The van der Waals surface area contributed by atoms with Gasteiger partial charge in [-0.25, -0.2) is 9.97 Å². The molecule has 2 N–H and O–H groups in total. The zero-order valence-corrected chi connectivity index (χ0v) is 13.2. The number of Topliss-reactive ketones (excluding diaryl/α,β-unsaturated/α-hetero) is 1. The van der Waals surface area contributed by atoms with Crippen molar-refractivity contribution in [3.63, 3.8) is 0 Å².